The fourth-order valence-electron chi connectivity index (χ4n) is 2.02. The number of benzene rings is 1. The van der Waals surface area contributed by atoms with E-state index in [0.29, 0.717) is 12.2 Å². The van der Waals surface area contributed by atoms with Gasteiger partial charge in [-0.2, -0.15) is 16.4 Å². The summed E-state index contributed by atoms with van der Waals surface area (Å²) in [7, 11) is 1.25. The van der Waals surface area contributed by atoms with E-state index in [0.717, 1.165) is 12.1 Å². The topological polar surface area (TPSA) is 99.0 Å². The molecule has 0 radical (unpaired) electrons. The highest BCUT2D eigenvalue weighted by molar-refractivity contribution is 7.98. The third-order valence-corrected chi connectivity index (χ3v) is 3.85. The number of halogens is 1. The van der Waals surface area contributed by atoms with Crippen LogP contribution in [0.5, 0.6) is 0 Å². The zero-order chi connectivity index (χ0) is 17.5. The van der Waals surface area contributed by atoms with E-state index in [1.54, 1.807) is 11.8 Å². The van der Waals surface area contributed by atoms with Crippen LogP contribution in [0.4, 0.5) is 4.39 Å². The third kappa shape index (κ3) is 4.28. The van der Waals surface area contributed by atoms with Gasteiger partial charge in [0.05, 0.1) is 18.4 Å². The van der Waals surface area contributed by atoms with Crippen LogP contribution >= 0.6 is 11.8 Å². The lowest BCUT2D eigenvalue weighted by Crippen LogP contribution is -2.42. The standard InChI is InChI=1S/C14H16FN5O3S/c1-23-14(22)11(5-6-24-2)17-13(21)10-4-3-9(15)7-12(10)20-8-16-18-19-20/h3-4,7-8,11H,5-6H2,1-2H3,(H,17,21)/t11-/m1/s1. The van der Waals surface area contributed by atoms with Gasteiger partial charge in [-0.1, -0.05) is 0 Å². The normalized spacial score (nSPS) is 11.8. The van der Waals surface area contributed by atoms with Crippen LogP contribution in [0.1, 0.15) is 16.8 Å². The van der Waals surface area contributed by atoms with Crippen molar-refractivity contribution >= 4 is 23.6 Å². The van der Waals surface area contributed by atoms with Crippen LogP contribution in [-0.4, -0.2) is 57.2 Å². The van der Waals surface area contributed by atoms with Gasteiger partial charge in [0.25, 0.3) is 5.91 Å². The molecule has 128 valence electrons. The van der Waals surface area contributed by atoms with E-state index in [2.05, 4.69) is 20.8 Å². The molecular weight excluding hydrogens is 337 g/mol. The number of ether oxygens (including phenoxy) is 1. The SMILES string of the molecule is COC(=O)[C@@H](CCSC)NC(=O)c1ccc(F)cc1-n1cnnn1. The number of esters is 1. The Labute approximate surface area is 141 Å². The van der Waals surface area contributed by atoms with Crippen LogP contribution in [-0.2, 0) is 9.53 Å². The number of nitrogens with zero attached hydrogens (tertiary/aromatic N) is 4. The fourth-order valence-corrected chi connectivity index (χ4v) is 2.49. The Morgan fingerprint density at radius 1 is 1.46 bits per heavy atom. The Hall–Kier alpha value is -2.49. The van der Waals surface area contributed by atoms with Gasteiger partial charge in [-0.3, -0.25) is 4.79 Å². The highest BCUT2D eigenvalue weighted by Gasteiger charge is 2.23. The lowest BCUT2D eigenvalue weighted by atomic mass is 10.1. The second-order valence-electron chi connectivity index (χ2n) is 4.75. The predicted octanol–water partition coefficient (Wildman–Crippen LogP) is 0.826. The molecule has 1 atom stereocenters. The second-order valence-corrected chi connectivity index (χ2v) is 5.73. The number of carbonyl (C=O) groups excluding carboxylic acids is 2. The van der Waals surface area contributed by atoms with Gasteiger partial charge in [-0.05, 0) is 41.0 Å². The van der Waals surface area contributed by atoms with Gasteiger partial charge in [0, 0.05) is 6.07 Å². The van der Waals surface area contributed by atoms with Crippen LogP contribution in [0, 0.1) is 5.82 Å². The minimum Gasteiger partial charge on any atom is -0.467 e. The zero-order valence-corrected chi connectivity index (χ0v) is 13.9. The number of hydrogen-bond acceptors (Lipinski definition) is 7. The lowest BCUT2D eigenvalue weighted by molar-refractivity contribution is -0.142. The highest BCUT2D eigenvalue weighted by atomic mass is 32.2. The molecule has 0 aliphatic rings. The summed E-state index contributed by atoms with van der Waals surface area (Å²) >= 11 is 1.54. The van der Waals surface area contributed by atoms with Crippen LogP contribution in [0.2, 0.25) is 0 Å². The van der Waals surface area contributed by atoms with Crippen molar-refractivity contribution in [2.45, 2.75) is 12.5 Å². The minimum atomic E-state index is -0.790. The van der Waals surface area contributed by atoms with Crippen LogP contribution in [0.15, 0.2) is 24.5 Å². The molecule has 1 N–H and O–H groups in total. The highest BCUT2D eigenvalue weighted by Crippen LogP contribution is 2.16. The van der Waals surface area contributed by atoms with E-state index in [-0.39, 0.29) is 11.3 Å². The van der Waals surface area contributed by atoms with Gasteiger partial charge in [0.1, 0.15) is 18.2 Å². The van der Waals surface area contributed by atoms with Crippen LogP contribution in [0.25, 0.3) is 5.69 Å². The molecular formula is C14H16FN5O3S. The quantitative estimate of drug-likeness (QED) is 0.736. The summed E-state index contributed by atoms with van der Waals surface area (Å²) in [5, 5.41) is 13.2. The Morgan fingerprint density at radius 3 is 2.88 bits per heavy atom. The molecule has 10 heteroatoms. The summed E-state index contributed by atoms with van der Waals surface area (Å²) in [4.78, 5) is 24.3. The van der Waals surface area contributed by atoms with E-state index in [1.807, 2.05) is 6.26 Å². The van der Waals surface area contributed by atoms with Gasteiger partial charge in [0.2, 0.25) is 0 Å². The Kier molecular flexibility index (Phi) is 6.24. The van der Waals surface area contributed by atoms with E-state index in [4.69, 9.17) is 4.74 Å². The zero-order valence-electron chi connectivity index (χ0n) is 13.1. The summed E-state index contributed by atoms with van der Waals surface area (Å²) in [5.41, 5.74) is 0.313. The number of thioether (sulfide) groups is 1. The first-order chi connectivity index (χ1) is 11.6. The predicted molar refractivity (Wildman–Crippen MR) is 85.4 cm³/mol. The first-order valence-corrected chi connectivity index (χ1v) is 8.36. The van der Waals surface area contributed by atoms with Crippen molar-refractivity contribution in [2.24, 2.45) is 0 Å². The molecule has 2 rings (SSSR count). The van der Waals surface area contributed by atoms with Crippen molar-refractivity contribution < 1.29 is 18.7 Å². The van der Waals surface area contributed by atoms with E-state index in [9.17, 15) is 14.0 Å². The number of aromatic nitrogens is 4. The lowest BCUT2D eigenvalue weighted by Gasteiger charge is -2.17. The second kappa shape index (κ2) is 8.39. The molecule has 0 saturated carbocycles. The van der Waals surface area contributed by atoms with E-state index in [1.165, 1.54) is 24.2 Å². The molecule has 1 aromatic heterocycles. The van der Waals surface area contributed by atoms with Crippen molar-refractivity contribution in [1.29, 1.82) is 0 Å². The van der Waals surface area contributed by atoms with Gasteiger partial charge in [-0.25, -0.2) is 9.18 Å². The molecule has 0 saturated heterocycles. The van der Waals surface area contributed by atoms with Gasteiger partial charge in [0.15, 0.2) is 0 Å². The molecule has 1 aromatic carbocycles. The number of amides is 1. The molecule has 0 aliphatic heterocycles. The van der Waals surface area contributed by atoms with Gasteiger partial charge < -0.3 is 10.1 Å². The number of methoxy groups -OCH3 is 1. The van der Waals surface area contributed by atoms with Crippen LogP contribution in [0.3, 0.4) is 0 Å². The Morgan fingerprint density at radius 2 is 2.25 bits per heavy atom. The maximum atomic E-state index is 13.5. The molecule has 2 aromatic rings. The van der Waals surface area contributed by atoms with Crippen molar-refractivity contribution in [3.63, 3.8) is 0 Å². The van der Waals surface area contributed by atoms with Crippen molar-refractivity contribution in [3.05, 3.63) is 35.9 Å². The Balaban J connectivity index is 2.27. The molecule has 1 heterocycles. The maximum Gasteiger partial charge on any atom is 0.328 e. The van der Waals surface area contributed by atoms with E-state index < -0.39 is 23.7 Å². The van der Waals surface area contributed by atoms with Gasteiger partial charge >= 0.3 is 5.97 Å². The fraction of sp³-hybridized carbons (Fsp3) is 0.357. The van der Waals surface area contributed by atoms with Crippen molar-refractivity contribution in [2.75, 3.05) is 19.1 Å². The molecule has 0 fully saturated rings. The summed E-state index contributed by atoms with van der Waals surface area (Å²) in [6.07, 6.45) is 3.56. The maximum absolute atomic E-state index is 13.5. The van der Waals surface area contributed by atoms with Crippen LogP contribution < -0.4 is 5.32 Å². The average Bonchev–Trinajstić information content (AvgIpc) is 3.12. The number of carbonyl (C=O) groups is 2. The average molecular weight is 353 g/mol. The number of tetrazole rings is 1. The molecule has 1 amide bonds. The largest absolute Gasteiger partial charge is 0.467 e. The minimum absolute atomic E-state index is 0.141. The summed E-state index contributed by atoms with van der Waals surface area (Å²) in [6, 6.07) is 2.81. The number of hydrogen-bond donors (Lipinski definition) is 1. The summed E-state index contributed by atoms with van der Waals surface area (Å²) in [6.45, 7) is 0. The van der Waals surface area contributed by atoms with Crippen molar-refractivity contribution in [3.8, 4) is 5.69 Å². The first-order valence-electron chi connectivity index (χ1n) is 6.97. The molecule has 24 heavy (non-hydrogen) atoms. The van der Waals surface area contributed by atoms with Crippen molar-refractivity contribution in [1.82, 2.24) is 25.5 Å². The Bertz CT molecular complexity index is 710. The molecule has 0 bridgehead atoms. The molecule has 0 aliphatic carbocycles. The number of rotatable bonds is 7. The monoisotopic (exact) mass is 353 g/mol. The number of nitrogens with one attached hydrogen (secondary N) is 1. The molecule has 0 unspecified atom stereocenters. The summed E-state index contributed by atoms with van der Waals surface area (Å²) in [5.74, 6) is -0.951. The molecule has 8 nitrogen and oxygen atoms in total. The summed E-state index contributed by atoms with van der Waals surface area (Å²) < 4.78 is 19.4. The molecule has 0 spiro atoms. The van der Waals surface area contributed by atoms with E-state index >= 15 is 0 Å². The first kappa shape index (κ1) is 17.9. The smallest absolute Gasteiger partial charge is 0.328 e. The van der Waals surface area contributed by atoms with Gasteiger partial charge in [-0.15, -0.1) is 5.10 Å². The third-order valence-electron chi connectivity index (χ3n) is 3.20.